The van der Waals surface area contributed by atoms with Gasteiger partial charge in [0, 0.05) is 4.90 Å². The fourth-order valence-corrected chi connectivity index (χ4v) is 0.694. The topological polar surface area (TPSA) is 0 Å². The first-order valence-corrected chi connectivity index (χ1v) is 2.99. The molecular weight excluding hydrogens is 139 g/mol. The van der Waals surface area contributed by atoms with Gasteiger partial charge in [0.25, 0.3) is 0 Å². The second-order valence-electron chi connectivity index (χ2n) is 1.84. The molecule has 0 unspecified atom stereocenters. The predicted octanol–water partition coefficient (Wildman–Crippen LogP) is -0.712. The minimum absolute atomic E-state index is 0. The summed E-state index contributed by atoms with van der Waals surface area (Å²) in [7, 11) is 0. The largest absolute Gasteiger partial charge is 1.00 e. The Morgan fingerprint density at radius 1 is 1.11 bits per heavy atom. The van der Waals surface area contributed by atoms with Gasteiger partial charge in [0.15, 0.2) is 0 Å². The van der Waals surface area contributed by atoms with Gasteiger partial charge in [-0.3, -0.25) is 0 Å². The molecule has 0 bridgehead atoms. The number of rotatable bonds is 0. The van der Waals surface area contributed by atoms with Crippen LogP contribution >= 0.6 is 12.6 Å². The van der Waals surface area contributed by atoms with Gasteiger partial charge in [0.05, 0.1) is 0 Å². The van der Waals surface area contributed by atoms with Crippen molar-refractivity contribution in [3.63, 3.8) is 0 Å². The molecule has 0 N–H and O–H groups in total. The van der Waals surface area contributed by atoms with Crippen molar-refractivity contribution in [1.29, 1.82) is 0 Å². The minimum atomic E-state index is 0. The van der Waals surface area contributed by atoms with E-state index in [-0.39, 0.29) is 29.6 Å². The Hall–Kier alpha value is 0.570. The number of aryl methyl sites for hydroxylation is 1. The molecule has 0 saturated carbocycles. The zero-order chi connectivity index (χ0) is 5.98. The van der Waals surface area contributed by atoms with E-state index in [2.05, 4.69) is 19.6 Å². The van der Waals surface area contributed by atoms with E-state index in [4.69, 9.17) is 0 Å². The van der Waals surface area contributed by atoms with Crippen molar-refractivity contribution >= 4 is 12.6 Å². The first kappa shape index (κ1) is 9.57. The molecule has 1 aromatic carbocycles. The Bertz CT molecular complexity index is 148. The van der Waals surface area contributed by atoms with Crippen molar-refractivity contribution in [3.05, 3.63) is 29.8 Å². The van der Waals surface area contributed by atoms with Crippen molar-refractivity contribution in [3.8, 4) is 0 Å². The van der Waals surface area contributed by atoms with Gasteiger partial charge >= 0.3 is 29.6 Å². The zero-order valence-electron chi connectivity index (χ0n) is 5.76. The Morgan fingerprint density at radius 2 is 1.56 bits per heavy atom. The van der Waals surface area contributed by atoms with E-state index in [9.17, 15) is 0 Å². The van der Waals surface area contributed by atoms with Crippen LogP contribution in [0.15, 0.2) is 29.2 Å². The number of thiol groups is 1. The van der Waals surface area contributed by atoms with Gasteiger partial charge in [-0.2, -0.15) is 0 Å². The SMILES string of the molecule is Cc1ccc(S)cc1.[Na+]. The Balaban J connectivity index is 0.000000640. The molecular formula is C7H8NaS+. The first-order chi connectivity index (χ1) is 3.79. The summed E-state index contributed by atoms with van der Waals surface area (Å²) in [5.41, 5.74) is 1.28. The standard InChI is InChI=1S/C7H8S.Na/c1-6-2-4-7(8)5-3-6;/h2-5,8H,1H3;/q;+1. The van der Waals surface area contributed by atoms with E-state index in [0.29, 0.717) is 0 Å². The van der Waals surface area contributed by atoms with E-state index in [1.165, 1.54) is 5.56 Å². The van der Waals surface area contributed by atoms with Crippen molar-refractivity contribution in [1.82, 2.24) is 0 Å². The third-order valence-corrected chi connectivity index (χ3v) is 1.33. The summed E-state index contributed by atoms with van der Waals surface area (Å²) < 4.78 is 0. The summed E-state index contributed by atoms with van der Waals surface area (Å²) in [5, 5.41) is 0. The van der Waals surface area contributed by atoms with E-state index in [1.54, 1.807) is 0 Å². The van der Waals surface area contributed by atoms with Crippen molar-refractivity contribution in [2.45, 2.75) is 11.8 Å². The quantitative estimate of drug-likeness (QED) is 0.364. The molecule has 0 atom stereocenters. The maximum atomic E-state index is 4.13. The van der Waals surface area contributed by atoms with Gasteiger partial charge in [-0.1, -0.05) is 17.7 Å². The summed E-state index contributed by atoms with van der Waals surface area (Å²) in [6, 6.07) is 8.06. The fourth-order valence-electron chi connectivity index (χ4n) is 0.545. The fraction of sp³-hybridized carbons (Fsp3) is 0.143. The molecule has 0 aliphatic carbocycles. The Labute approximate surface area is 83.4 Å². The van der Waals surface area contributed by atoms with Gasteiger partial charge in [0.1, 0.15) is 0 Å². The van der Waals surface area contributed by atoms with Crippen LogP contribution in [0, 0.1) is 6.92 Å². The van der Waals surface area contributed by atoms with E-state index < -0.39 is 0 Å². The van der Waals surface area contributed by atoms with Crippen molar-refractivity contribution in [2.75, 3.05) is 0 Å². The molecule has 2 heteroatoms. The Kier molecular flexibility index (Phi) is 4.67. The second kappa shape index (κ2) is 4.40. The number of hydrogen-bond donors (Lipinski definition) is 1. The third-order valence-electron chi connectivity index (χ3n) is 1.03. The summed E-state index contributed by atoms with van der Waals surface area (Å²) in [6.07, 6.45) is 0. The van der Waals surface area contributed by atoms with Gasteiger partial charge in [-0.05, 0) is 19.1 Å². The van der Waals surface area contributed by atoms with E-state index in [1.807, 2.05) is 24.3 Å². The Morgan fingerprint density at radius 3 is 1.89 bits per heavy atom. The van der Waals surface area contributed by atoms with Crippen LogP contribution in [0.25, 0.3) is 0 Å². The molecule has 42 valence electrons. The molecule has 0 heterocycles. The van der Waals surface area contributed by atoms with Crippen molar-refractivity contribution < 1.29 is 29.6 Å². The molecule has 1 aromatic rings. The summed E-state index contributed by atoms with van der Waals surface area (Å²) in [4.78, 5) is 1.02. The molecule has 0 saturated heterocycles. The molecule has 0 nitrogen and oxygen atoms in total. The van der Waals surface area contributed by atoms with Gasteiger partial charge in [0.2, 0.25) is 0 Å². The normalized spacial score (nSPS) is 8.22. The van der Waals surface area contributed by atoms with Crippen LogP contribution in [0.2, 0.25) is 0 Å². The monoisotopic (exact) mass is 147 g/mol. The van der Waals surface area contributed by atoms with Gasteiger partial charge in [-0.15, -0.1) is 12.6 Å². The van der Waals surface area contributed by atoms with Crippen LogP contribution < -0.4 is 29.6 Å². The smallest absolute Gasteiger partial charge is 0.143 e. The predicted molar refractivity (Wildman–Crippen MR) is 38.4 cm³/mol. The maximum absolute atomic E-state index is 4.13. The maximum Gasteiger partial charge on any atom is 1.00 e. The van der Waals surface area contributed by atoms with E-state index >= 15 is 0 Å². The average molecular weight is 147 g/mol. The van der Waals surface area contributed by atoms with Gasteiger partial charge < -0.3 is 0 Å². The van der Waals surface area contributed by atoms with Crippen LogP contribution in [0.5, 0.6) is 0 Å². The van der Waals surface area contributed by atoms with Crippen LogP contribution in [-0.2, 0) is 0 Å². The number of hydrogen-bond acceptors (Lipinski definition) is 1. The second-order valence-corrected chi connectivity index (χ2v) is 2.35. The average Bonchev–Trinajstić information content (AvgIpc) is 1.77. The molecule has 0 radical (unpaired) electrons. The van der Waals surface area contributed by atoms with Crippen LogP contribution in [0.4, 0.5) is 0 Å². The molecule has 0 amide bonds. The molecule has 0 aliphatic rings. The molecule has 9 heavy (non-hydrogen) atoms. The summed E-state index contributed by atoms with van der Waals surface area (Å²) >= 11 is 4.13. The third kappa shape index (κ3) is 3.31. The van der Waals surface area contributed by atoms with Crippen LogP contribution in [0.1, 0.15) is 5.56 Å². The minimum Gasteiger partial charge on any atom is -0.143 e. The van der Waals surface area contributed by atoms with Gasteiger partial charge in [-0.25, -0.2) is 0 Å². The summed E-state index contributed by atoms with van der Waals surface area (Å²) in [5.74, 6) is 0. The molecule has 0 fully saturated rings. The first-order valence-electron chi connectivity index (χ1n) is 2.54. The zero-order valence-corrected chi connectivity index (χ0v) is 8.65. The van der Waals surface area contributed by atoms with Crippen LogP contribution in [-0.4, -0.2) is 0 Å². The molecule has 0 aromatic heterocycles. The molecule has 0 spiro atoms. The van der Waals surface area contributed by atoms with E-state index in [0.717, 1.165) is 4.90 Å². The summed E-state index contributed by atoms with van der Waals surface area (Å²) in [6.45, 7) is 2.06. The van der Waals surface area contributed by atoms with Crippen LogP contribution in [0.3, 0.4) is 0 Å². The van der Waals surface area contributed by atoms with Crippen molar-refractivity contribution in [2.24, 2.45) is 0 Å². The molecule has 0 aliphatic heterocycles. The molecule has 1 rings (SSSR count). The number of benzene rings is 1.